The number of hydrogen-bond donors (Lipinski definition) is 1. The minimum atomic E-state index is -0.0932. The highest BCUT2D eigenvalue weighted by molar-refractivity contribution is 5.88. The van der Waals surface area contributed by atoms with Crippen molar-refractivity contribution in [3.05, 3.63) is 30.0 Å². The van der Waals surface area contributed by atoms with Gasteiger partial charge in [0, 0.05) is 31.6 Å². The number of morpholine rings is 1. The van der Waals surface area contributed by atoms with Crippen molar-refractivity contribution >= 4 is 22.7 Å². The number of rotatable bonds is 3. The second kappa shape index (κ2) is 7.45. The molecule has 0 saturated carbocycles. The highest BCUT2D eigenvalue weighted by atomic mass is 16.5. The van der Waals surface area contributed by atoms with Gasteiger partial charge in [-0.15, -0.1) is 0 Å². The zero-order valence-electron chi connectivity index (χ0n) is 14.8. The first kappa shape index (κ1) is 17.0. The lowest BCUT2D eigenvalue weighted by Gasteiger charge is -2.36. The van der Waals surface area contributed by atoms with E-state index in [1.54, 1.807) is 0 Å². The summed E-state index contributed by atoms with van der Waals surface area (Å²) in [5.74, 6) is 0.126. The molecule has 7 nitrogen and oxygen atoms in total. The smallest absolute Gasteiger partial charge is 0.228 e. The molecule has 0 aliphatic carbocycles. The van der Waals surface area contributed by atoms with Crippen LogP contribution in [0.15, 0.2) is 24.3 Å². The highest BCUT2D eigenvalue weighted by Gasteiger charge is 2.32. The summed E-state index contributed by atoms with van der Waals surface area (Å²) >= 11 is 0. The van der Waals surface area contributed by atoms with Crippen LogP contribution in [0.1, 0.15) is 18.5 Å². The van der Waals surface area contributed by atoms with E-state index >= 15 is 0 Å². The van der Waals surface area contributed by atoms with Crippen molar-refractivity contribution in [1.82, 2.24) is 20.0 Å². The van der Waals surface area contributed by atoms with Gasteiger partial charge in [-0.25, -0.2) is 0 Å². The predicted molar refractivity (Wildman–Crippen MR) is 96.5 cm³/mol. The molecule has 2 aliphatic heterocycles. The van der Waals surface area contributed by atoms with Gasteiger partial charge in [0.05, 0.1) is 36.8 Å². The molecule has 1 aromatic heterocycles. The lowest BCUT2D eigenvalue weighted by molar-refractivity contribution is -0.143. The zero-order chi connectivity index (χ0) is 17.9. The number of para-hydroxylation sites is 1. The van der Waals surface area contributed by atoms with Crippen LogP contribution >= 0.6 is 0 Å². The third-order valence-corrected chi connectivity index (χ3v) is 5.31. The van der Waals surface area contributed by atoms with Crippen LogP contribution in [0.5, 0.6) is 0 Å². The number of aromatic amines is 1. The number of benzene rings is 1. The number of nitrogens with one attached hydrogen (secondary N) is 1. The van der Waals surface area contributed by atoms with Crippen LogP contribution in [0, 0.1) is 5.92 Å². The van der Waals surface area contributed by atoms with Gasteiger partial charge in [0.2, 0.25) is 11.8 Å². The normalized spacial score (nSPS) is 21.2. The summed E-state index contributed by atoms with van der Waals surface area (Å²) in [5, 5.41) is 8.22. The van der Waals surface area contributed by atoms with Crippen molar-refractivity contribution in [3.8, 4) is 0 Å². The molecule has 0 unspecified atom stereocenters. The molecule has 1 aromatic carbocycles. The Kier molecular flexibility index (Phi) is 4.88. The second-order valence-corrected chi connectivity index (χ2v) is 7.01. The minimum absolute atomic E-state index is 0.0545. The van der Waals surface area contributed by atoms with Crippen molar-refractivity contribution < 1.29 is 14.3 Å². The molecule has 4 rings (SSSR count). The van der Waals surface area contributed by atoms with Crippen molar-refractivity contribution in [2.75, 3.05) is 39.4 Å². The average molecular weight is 356 g/mol. The summed E-state index contributed by atoms with van der Waals surface area (Å²) in [6.45, 7) is 3.76. The molecule has 0 bridgehead atoms. The number of H-pyrrole nitrogens is 1. The predicted octanol–water partition coefficient (Wildman–Crippen LogP) is 1.20. The van der Waals surface area contributed by atoms with Gasteiger partial charge in [-0.2, -0.15) is 5.10 Å². The molecule has 26 heavy (non-hydrogen) atoms. The molecule has 2 saturated heterocycles. The van der Waals surface area contributed by atoms with Gasteiger partial charge >= 0.3 is 0 Å². The number of piperidine rings is 1. The topological polar surface area (TPSA) is 78.5 Å². The third-order valence-electron chi connectivity index (χ3n) is 5.31. The van der Waals surface area contributed by atoms with E-state index in [2.05, 4.69) is 10.2 Å². The molecule has 3 heterocycles. The van der Waals surface area contributed by atoms with Crippen LogP contribution in [-0.4, -0.2) is 71.2 Å². The Labute approximate surface area is 152 Å². The van der Waals surface area contributed by atoms with Gasteiger partial charge in [0.1, 0.15) is 0 Å². The number of hydrogen-bond acceptors (Lipinski definition) is 4. The quantitative estimate of drug-likeness (QED) is 0.896. The number of nitrogens with zero attached hydrogens (tertiary/aromatic N) is 3. The van der Waals surface area contributed by atoms with Gasteiger partial charge in [-0.3, -0.25) is 14.7 Å². The Morgan fingerprint density at radius 3 is 2.81 bits per heavy atom. The zero-order valence-corrected chi connectivity index (χ0v) is 14.8. The maximum atomic E-state index is 12.8. The van der Waals surface area contributed by atoms with E-state index in [0.29, 0.717) is 39.3 Å². The number of aromatic nitrogens is 2. The van der Waals surface area contributed by atoms with Crippen LogP contribution < -0.4 is 0 Å². The van der Waals surface area contributed by atoms with Gasteiger partial charge < -0.3 is 14.5 Å². The first-order chi connectivity index (χ1) is 12.7. The van der Waals surface area contributed by atoms with Crippen molar-refractivity contribution in [3.63, 3.8) is 0 Å². The fourth-order valence-electron chi connectivity index (χ4n) is 3.86. The minimum Gasteiger partial charge on any atom is -0.378 e. The Bertz CT molecular complexity index is 797. The maximum absolute atomic E-state index is 12.8. The average Bonchev–Trinajstić information content (AvgIpc) is 3.11. The molecule has 0 radical (unpaired) electrons. The fourth-order valence-corrected chi connectivity index (χ4v) is 3.86. The molecule has 2 amide bonds. The van der Waals surface area contributed by atoms with Crippen LogP contribution in [0.25, 0.3) is 10.9 Å². The summed E-state index contributed by atoms with van der Waals surface area (Å²) in [6.07, 6.45) is 2.02. The largest absolute Gasteiger partial charge is 0.378 e. The fraction of sp³-hybridized carbons (Fsp3) is 0.526. The van der Waals surface area contributed by atoms with Crippen molar-refractivity contribution in [1.29, 1.82) is 0 Å². The number of fused-ring (bicyclic) bond motifs is 1. The van der Waals surface area contributed by atoms with E-state index in [-0.39, 0.29) is 17.7 Å². The van der Waals surface area contributed by atoms with Crippen LogP contribution in [0.3, 0.4) is 0 Å². The number of likely N-dealkylation sites (tertiary alicyclic amines) is 1. The van der Waals surface area contributed by atoms with Gasteiger partial charge in [-0.1, -0.05) is 18.2 Å². The number of amides is 2. The van der Waals surface area contributed by atoms with E-state index < -0.39 is 0 Å². The number of carbonyl (C=O) groups is 2. The molecule has 0 spiro atoms. The lowest BCUT2D eigenvalue weighted by Crippen LogP contribution is -2.49. The molecule has 138 valence electrons. The summed E-state index contributed by atoms with van der Waals surface area (Å²) in [6, 6.07) is 7.78. The molecule has 2 fully saturated rings. The molecule has 1 N–H and O–H groups in total. The standard InChI is InChI=1S/C19H24N4O3/c24-18(12-17-15-5-1-2-6-16(15)20-21-17)23-7-3-4-14(13-23)19(25)22-8-10-26-11-9-22/h1-2,5-6,14H,3-4,7-13H2,(H,20,21)/t14-/m0/s1. The van der Waals surface area contributed by atoms with Gasteiger partial charge in [0.15, 0.2) is 0 Å². The molecular weight excluding hydrogens is 332 g/mol. The van der Waals surface area contributed by atoms with E-state index in [0.717, 1.165) is 36.0 Å². The first-order valence-electron chi connectivity index (χ1n) is 9.28. The molecule has 2 aliphatic rings. The van der Waals surface area contributed by atoms with Crippen molar-refractivity contribution in [2.24, 2.45) is 5.92 Å². The lowest BCUT2D eigenvalue weighted by atomic mass is 9.96. The van der Waals surface area contributed by atoms with E-state index in [4.69, 9.17) is 4.74 Å². The number of ether oxygens (including phenoxy) is 1. The molecular formula is C19H24N4O3. The SMILES string of the molecule is O=C(Cc1[nH]nc2ccccc12)N1CCC[C@H](C(=O)N2CCOCC2)C1. The third kappa shape index (κ3) is 3.44. The number of carbonyl (C=O) groups excluding carboxylic acids is 2. The summed E-state index contributed by atoms with van der Waals surface area (Å²) in [5.41, 5.74) is 1.71. The van der Waals surface area contributed by atoms with Gasteiger partial charge in [-0.05, 0) is 18.9 Å². The highest BCUT2D eigenvalue weighted by Crippen LogP contribution is 2.22. The summed E-state index contributed by atoms with van der Waals surface area (Å²) in [4.78, 5) is 29.2. The Hall–Kier alpha value is -2.41. The second-order valence-electron chi connectivity index (χ2n) is 7.01. The maximum Gasteiger partial charge on any atom is 0.228 e. The first-order valence-corrected chi connectivity index (χ1v) is 9.28. The monoisotopic (exact) mass is 356 g/mol. The van der Waals surface area contributed by atoms with E-state index in [1.165, 1.54) is 0 Å². The Morgan fingerprint density at radius 2 is 1.96 bits per heavy atom. The van der Waals surface area contributed by atoms with Crippen LogP contribution in [-0.2, 0) is 20.7 Å². The Balaban J connectivity index is 1.40. The molecule has 1 atom stereocenters. The van der Waals surface area contributed by atoms with E-state index in [1.807, 2.05) is 34.1 Å². The molecule has 2 aromatic rings. The van der Waals surface area contributed by atoms with Gasteiger partial charge in [0.25, 0.3) is 0 Å². The summed E-state index contributed by atoms with van der Waals surface area (Å²) < 4.78 is 5.32. The summed E-state index contributed by atoms with van der Waals surface area (Å²) in [7, 11) is 0. The molecule has 7 heteroatoms. The van der Waals surface area contributed by atoms with Crippen LogP contribution in [0.2, 0.25) is 0 Å². The van der Waals surface area contributed by atoms with Crippen molar-refractivity contribution in [2.45, 2.75) is 19.3 Å². The Morgan fingerprint density at radius 1 is 1.15 bits per heavy atom. The van der Waals surface area contributed by atoms with E-state index in [9.17, 15) is 9.59 Å². The van der Waals surface area contributed by atoms with Crippen LogP contribution in [0.4, 0.5) is 0 Å².